The van der Waals surface area contributed by atoms with Crippen LogP contribution in [0.15, 0.2) is 42.9 Å². The Morgan fingerprint density at radius 3 is 3.00 bits per heavy atom. The highest BCUT2D eigenvalue weighted by Gasteiger charge is 1.99. The number of carbonyl (C=O) groups is 1. The monoisotopic (exact) mass is 200 g/mol. The van der Waals surface area contributed by atoms with Gasteiger partial charge in [-0.05, 0) is 30.2 Å². The molecule has 0 aliphatic heterocycles. The highest BCUT2D eigenvalue weighted by Crippen LogP contribution is 2.03. The molecule has 3 heteroatoms. The van der Waals surface area contributed by atoms with E-state index in [0.717, 1.165) is 24.9 Å². The lowest BCUT2D eigenvalue weighted by Crippen LogP contribution is -2.03. The summed E-state index contributed by atoms with van der Waals surface area (Å²) in [6.07, 6.45) is 7.30. The summed E-state index contributed by atoms with van der Waals surface area (Å²) in [6, 6.07) is 7.66. The van der Waals surface area contributed by atoms with Gasteiger partial charge in [0.1, 0.15) is 0 Å². The number of aryl methyl sites for hydroxylation is 2. The molecule has 0 saturated heterocycles. The first-order valence-corrected chi connectivity index (χ1v) is 4.89. The van der Waals surface area contributed by atoms with E-state index in [0.29, 0.717) is 0 Å². The molecule has 0 amide bonds. The highest BCUT2D eigenvalue weighted by molar-refractivity contribution is 5.72. The van der Waals surface area contributed by atoms with E-state index in [-0.39, 0.29) is 0 Å². The molecule has 3 nitrogen and oxygen atoms in total. The first kappa shape index (κ1) is 9.65. The number of hydrogen-bond donors (Lipinski definition) is 0. The SMILES string of the molecule is O=Cc1cccn1CCc1cccnc1. The number of nitrogens with zero attached hydrogens (tertiary/aromatic N) is 2. The molecule has 0 aliphatic carbocycles. The molecule has 0 N–H and O–H groups in total. The maximum atomic E-state index is 10.7. The average Bonchev–Trinajstić information content (AvgIpc) is 2.75. The Morgan fingerprint density at radius 2 is 2.27 bits per heavy atom. The third-order valence-electron chi connectivity index (χ3n) is 2.35. The molecule has 0 unspecified atom stereocenters. The van der Waals surface area contributed by atoms with Crippen molar-refractivity contribution in [3.63, 3.8) is 0 Å². The van der Waals surface area contributed by atoms with Crippen LogP contribution in [0.2, 0.25) is 0 Å². The summed E-state index contributed by atoms with van der Waals surface area (Å²) in [4.78, 5) is 14.7. The number of pyridine rings is 1. The Hall–Kier alpha value is -1.90. The highest BCUT2D eigenvalue weighted by atomic mass is 16.1. The van der Waals surface area contributed by atoms with Crippen molar-refractivity contribution < 1.29 is 4.79 Å². The third-order valence-corrected chi connectivity index (χ3v) is 2.35. The van der Waals surface area contributed by atoms with Gasteiger partial charge in [0, 0.05) is 25.1 Å². The van der Waals surface area contributed by atoms with E-state index >= 15 is 0 Å². The van der Waals surface area contributed by atoms with Crippen LogP contribution in [-0.4, -0.2) is 15.8 Å². The molecule has 2 aromatic heterocycles. The minimum atomic E-state index is 0.721. The molecular weight excluding hydrogens is 188 g/mol. The maximum absolute atomic E-state index is 10.7. The Balaban J connectivity index is 2.02. The van der Waals surface area contributed by atoms with Crippen molar-refractivity contribution in [2.75, 3.05) is 0 Å². The summed E-state index contributed by atoms with van der Waals surface area (Å²) in [5, 5.41) is 0. The number of aldehydes is 1. The minimum Gasteiger partial charge on any atom is -0.345 e. The van der Waals surface area contributed by atoms with E-state index in [2.05, 4.69) is 4.98 Å². The van der Waals surface area contributed by atoms with Gasteiger partial charge in [-0.1, -0.05) is 6.07 Å². The molecule has 15 heavy (non-hydrogen) atoms. The van der Waals surface area contributed by atoms with Gasteiger partial charge >= 0.3 is 0 Å². The van der Waals surface area contributed by atoms with Crippen molar-refractivity contribution in [2.45, 2.75) is 13.0 Å². The number of hydrogen-bond acceptors (Lipinski definition) is 2. The van der Waals surface area contributed by atoms with Crippen LogP contribution in [0.3, 0.4) is 0 Å². The van der Waals surface area contributed by atoms with Crippen molar-refractivity contribution in [3.8, 4) is 0 Å². The van der Waals surface area contributed by atoms with Crippen LogP contribution in [-0.2, 0) is 13.0 Å². The second-order valence-corrected chi connectivity index (χ2v) is 3.36. The maximum Gasteiger partial charge on any atom is 0.166 e. The number of aromatic nitrogens is 2. The third kappa shape index (κ3) is 2.31. The fourth-order valence-electron chi connectivity index (χ4n) is 1.53. The number of carbonyl (C=O) groups excluding carboxylic acids is 1. The van der Waals surface area contributed by atoms with E-state index in [4.69, 9.17) is 0 Å². The second kappa shape index (κ2) is 4.55. The normalized spacial score (nSPS) is 10.1. The Morgan fingerprint density at radius 1 is 1.33 bits per heavy atom. The van der Waals surface area contributed by atoms with Crippen LogP contribution < -0.4 is 0 Å². The van der Waals surface area contributed by atoms with E-state index in [1.54, 1.807) is 6.20 Å². The molecule has 0 bridgehead atoms. The minimum absolute atomic E-state index is 0.721. The molecular formula is C12H12N2O. The van der Waals surface area contributed by atoms with Gasteiger partial charge in [-0.2, -0.15) is 0 Å². The average molecular weight is 200 g/mol. The number of rotatable bonds is 4. The Kier molecular flexibility index (Phi) is 2.93. The second-order valence-electron chi connectivity index (χ2n) is 3.36. The lowest BCUT2D eigenvalue weighted by atomic mass is 10.2. The van der Waals surface area contributed by atoms with Crippen LogP contribution in [0.4, 0.5) is 0 Å². The molecule has 0 radical (unpaired) electrons. The van der Waals surface area contributed by atoms with Gasteiger partial charge in [-0.3, -0.25) is 9.78 Å². The zero-order valence-electron chi connectivity index (χ0n) is 8.34. The lowest BCUT2D eigenvalue weighted by molar-refractivity contribution is 0.111. The quantitative estimate of drug-likeness (QED) is 0.707. The standard InChI is InChI=1S/C12H12N2O/c15-10-12-4-2-7-14(12)8-5-11-3-1-6-13-9-11/h1-4,6-7,9-10H,5,8H2. The van der Waals surface area contributed by atoms with Crippen molar-refractivity contribution in [1.29, 1.82) is 0 Å². The Bertz CT molecular complexity index is 434. The molecule has 0 aliphatic rings. The first-order chi connectivity index (χ1) is 7.40. The molecule has 2 heterocycles. The molecule has 0 aromatic carbocycles. The van der Waals surface area contributed by atoms with E-state index in [1.807, 2.05) is 41.2 Å². The van der Waals surface area contributed by atoms with Crippen molar-refractivity contribution >= 4 is 6.29 Å². The molecule has 0 fully saturated rings. The van der Waals surface area contributed by atoms with Crippen LogP contribution in [0, 0.1) is 0 Å². The van der Waals surface area contributed by atoms with E-state index in [9.17, 15) is 4.79 Å². The molecule has 0 atom stereocenters. The van der Waals surface area contributed by atoms with Crippen LogP contribution in [0.25, 0.3) is 0 Å². The molecule has 76 valence electrons. The van der Waals surface area contributed by atoms with Gasteiger partial charge in [-0.15, -0.1) is 0 Å². The van der Waals surface area contributed by atoms with Gasteiger partial charge in [0.05, 0.1) is 5.69 Å². The summed E-state index contributed by atoms with van der Waals surface area (Å²) >= 11 is 0. The van der Waals surface area contributed by atoms with Gasteiger partial charge < -0.3 is 4.57 Å². The van der Waals surface area contributed by atoms with Crippen LogP contribution in [0.5, 0.6) is 0 Å². The molecule has 2 aromatic rings. The summed E-state index contributed by atoms with van der Waals surface area (Å²) in [5.41, 5.74) is 1.90. The van der Waals surface area contributed by atoms with Crippen molar-refractivity contribution in [3.05, 3.63) is 54.1 Å². The predicted molar refractivity (Wildman–Crippen MR) is 57.8 cm³/mol. The van der Waals surface area contributed by atoms with E-state index < -0.39 is 0 Å². The lowest BCUT2D eigenvalue weighted by Gasteiger charge is -2.04. The Labute approximate surface area is 88.4 Å². The zero-order valence-corrected chi connectivity index (χ0v) is 8.34. The summed E-state index contributed by atoms with van der Waals surface area (Å²) in [5.74, 6) is 0. The van der Waals surface area contributed by atoms with Crippen molar-refractivity contribution in [1.82, 2.24) is 9.55 Å². The molecule has 0 saturated carbocycles. The molecule has 2 rings (SSSR count). The molecule has 0 spiro atoms. The summed E-state index contributed by atoms with van der Waals surface area (Å²) < 4.78 is 1.94. The predicted octanol–water partition coefficient (Wildman–Crippen LogP) is 1.94. The topological polar surface area (TPSA) is 34.9 Å². The van der Waals surface area contributed by atoms with Gasteiger partial charge in [0.15, 0.2) is 6.29 Å². The first-order valence-electron chi connectivity index (χ1n) is 4.89. The largest absolute Gasteiger partial charge is 0.345 e. The zero-order chi connectivity index (χ0) is 10.5. The van der Waals surface area contributed by atoms with E-state index in [1.165, 1.54) is 5.56 Å². The fourth-order valence-corrected chi connectivity index (χ4v) is 1.53. The summed E-state index contributed by atoms with van der Waals surface area (Å²) in [6.45, 7) is 0.812. The van der Waals surface area contributed by atoms with Crippen LogP contribution in [0.1, 0.15) is 16.1 Å². The van der Waals surface area contributed by atoms with Gasteiger partial charge in [-0.25, -0.2) is 0 Å². The van der Waals surface area contributed by atoms with Crippen molar-refractivity contribution in [2.24, 2.45) is 0 Å². The van der Waals surface area contributed by atoms with Gasteiger partial charge in [0.2, 0.25) is 0 Å². The summed E-state index contributed by atoms with van der Waals surface area (Å²) in [7, 11) is 0. The smallest absolute Gasteiger partial charge is 0.166 e. The fraction of sp³-hybridized carbons (Fsp3) is 0.167. The van der Waals surface area contributed by atoms with Crippen LogP contribution >= 0.6 is 0 Å². The van der Waals surface area contributed by atoms with Gasteiger partial charge in [0.25, 0.3) is 0 Å².